The molecule has 24 heavy (non-hydrogen) atoms. The average Bonchev–Trinajstić information content (AvgIpc) is 3.20. The number of aromatic nitrogens is 2. The van der Waals surface area contributed by atoms with E-state index in [2.05, 4.69) is 10.2 Å². The standard InChI is InChI=1S/C17H25N5O2/c18-7-9-22-14-6-8-21(10-11(14)4-5-15(22)23)17(24)16-12-2-1-3-13(12)19-20-16/h11,14H,1-10,18H2,(H,19,20)/t11-,14+/m0/s1. The molecule has 7 nitrogen and oxygen atoms in total. The Labute approximate surface area is 141 Å². The van der Waals surface area contributed by atoms with Gasteiger partial charge in [0, 0.05) is 49.9 Å². The van der Waals surface area contributed by atoms with Gasteiger partial charge in [-0.05, 0) is 38.0 Å². The average molecular weight is 331 g/mol. The summed E-state index contributed by atoms with van der Waals surface area (Å²) < 4.78 is 0. The van der Waals surface area contributed by atoms with Crippen LogP contribution in [0.3, 0.4) is 0 Å². The lowest BCUT2D eigenvalue weighted by atomic mass is 9.83. The minimum atomic E-state index is 0.0510. The van der Waals surface area contributed by atoms with Gasteiger partial charge in [-0.25, -0.2) is 0 Å². The molecule has 3 N–H and O–H groups in total. The van der Waals surface area contributed by atoms with Crippen molar-refractivity contribution in [3.05, 3.63) is 17.0 Å². The number of carbonyl (C=O) groups excluding carboxylic acids is 2. The van der Waals surface area contributed by atoms with E-state index in [1.54, 1.807) is 0 Å². The molecule has 130 valence electrons. The van der Waals surface area contributed by atoms with Crippen molar-refractivity contribution in [2.24, 2.45) is 11.7 Å². The number of H-pyrrole nitrogens is 1. The number of nitrogens with two attached hydrogens (primary N) is 1. The van der Waals surface area contributed by atoms with Crippen LogP contribution in [-0.4, -0.2) is 64.0 Å². The number of aryl methyl sites for hydroxylation is 1. The van der Waals surface area contributed by atoms with Gasteiger partial charge >= 0.3 is 0 Å². The highest BCUT2D eigenvalue weighted by atomic mass is 16.2. The predicted molar refractivity (Wildman–Crippen MR) is 88.4 cm³/mol. The Bertz CT molecular complexity index is 655. The van der Waals surface area contributed by atoms with Gasteiger partial charge < -0.3 is 15.5 Å². The lowest BCUT2D eigenvalue weighted by Gasteiger charge is -2.47. The molecule has 2 saturated heterocycles. The van der Waals surface area contributed by atoms with E-state index in [4.69, 9.17) is 5.73 Å². The number of likely N-dealkylation sites (tertiary alicyclic amines) is 2. The Morgan fingerprint density at radius 2 is 2.17 bits per heavy atom. The van der Waals surface area contributed by atoms with Crippen molar-refractivity contribution in [1.82, 2.24) is 20.0 Å². The van der Waals surface area contributed by atoms with Crippen LogP contribution < -0.4 is 5.73 Å². The second-order valence-electron chi connectivity index (χ2n) is 7.16. The van der Waals surface area contributed by atoms with Gasteiger partial charge in [-0.3, -0.25) is 14.7 Å². The van der Waals surface area contributed by atoms with Crippen molar-refractivity contribution < 1.29 is 9.59 Å². The van der Waals surface area contributed by atoms with Gasteiger partial charge in [-0.1, -0.05) is 0 Å². The lowest BCUT2D eigenvalue weighted by molar-refractivity contribution is -0.140. The lowest BCUT2D eigenvalue weighted by Crippen LogP contribution is -2.57. The fourth-order valence-electron chi connectivity index (χ4n) is 4.61. The van der Waals surface area contributed by atoms with E-state index in [1.165, 1.54) is 0 Å². The van der Waals surface area contributed by atoms with Crippen LogP contribution >= 0.6 is 0 Å². The molecule has 0 unspecified atom stereocenters. The molecule has 0 spiro atoms. The summed E-state index contributed by atoms with van der Waals surface area (Å²) in [5.74, 6) is 0.626. The number of amides is 2. The molecular formula is C17H25N5O2. The van der Waals surface area contributed by atoms with Crippen molar-refractivity contribution in [1.29, 1.82) is 0 Å². The summed E-state index contributed by atoms with van der Waals surface area (Å²) in [5, 5.41) is 7.30. The van der Waals surface area contributed by atoms with E-state index in [0.717, 1.165) is 49.9 Å². The van der Waals surface area contributed by atoms with Crippen LogP contribution in [0.1, 0.15) is 47.4 Å². The van der Waals surface area contributed by atoms with Crippen LogP contribution in [0.2, 0.25) is 0 Å². The Kier molecular flexibility index (Phi) is 4.04. The number of hydrogen-bond acceptors (Lipinski definition) is 4. The Morgan fingerprint density at radius 1 is 1.29 bits per heavy atom. The minimum absolute atomic E-state index is 0.0510. The van der Waals surface area contributed by atoms with Crippen molar-refractivity contribution in [3.8, 4) is 0 Å². The summed E-state index contributed by atoms with van der Waals surface area (Å²) in [6.07, 6.45) is 5.33. The molecule has 7 heteroatoms. The number of aromatic amines is 1. The van der Waals surface area contributed by atoms with Crippen LogP contribution in [-0.2, 0) is 17.6 Å². The van der Waals surface area contributed by atoms with Gasteiger partial charge in [0.05, 0.1) is 0 Å². The molecule has 0 radical (unpaired) electrons. The number of nitrogens with one attached hydrogen (secondary N) is 1. The van der Waals surface area contributed by atoms with Crippen molar-refractivity contribution in [3.63, 3.8) is 0 Å². The summed E-state index contributed by atoms with van der Waals surface area (Å²) in [6.45, 7) is 2.54. The number of carbonyl (C=O) groups is 2. The molecule has 2 amide bonds. The second-order valence-corrected chi connectivity index (χ2v) is 7.16. The molecule has 1 aromatic rings. The summed E-state index contributed by atoms with van der Waals surface area (Å²) in [7, 11) is 0. The van der Waals surface area contributed by atoms with Gasteiger partial charge in [0.25, 0.3) is 5.91 Å². The summed E-state index contributed by atoms with van der Waals surface area (Å²) in [5.41, 5.74) is 8.53. The molecule has 0 bridgehead atoms. The van der Waals surface area contributed by atoms with Gasteiger partial charge in [0.2, 0.25) is 5.91 Å². The van der Waals surface area contributed by atoms with E-state index < -0.39 is 0 Å². The van der Waals surface area contributed by atoms with Crippen molar-refractivity contribution >= 4 is 11.8 Å². The summed E-state index contributed by atoms with van der Waals surface area (Å²) in [4.78, 5) is 28.9. The first-order chi connectivity index (χ1) is 11.7. The molecule has 0 saturated carbocycles. The van der Waals surface area contributed by atoms with Gasteiger partial charge in [-0.2, -0.15) is 5.10 Å². The van der Waals surface area contributed by atoms with Crippen molar-refractivity contribution in [2.75, 3.05) is 26.2 Å². The van der Waals surface area contributed by atoms with Gasteiger partial charge in [-0.15, -0.1) is 0 Å². The van der Waals surface area contributed by atoms with Crippen LogP contribution in [0.5, 0.6) is 0 Å². The zero-order valence-electron chi connectivity index (χ0n) is 14.0. The number of nitrogens with zero attached hydrogens (tertiary/aromatic N) is 3. The second kappa shape index (κ2) is 6.20. The quantitative estimate of drug-likeness (QED) is 0.833. The monoisotopic (exact) mass is 331 g/mol. The normalized spacial score (nSPS) is 26.5. The SMILES string of the molecule is NCCN1C(=O)CC[C@H]2CN(C(=O)c3n[nH]c4c3CCC4)CC[C@H]21. The Morgan fingerprint density at radius 3 is 3.00 bits per heavy atom. The first kappa shape index (κ1) is 15.6. The molecule has 4 rings (SSSR count). The topological polar surface area (TPSA) is 95.3 Å². The summed E-state index contributed by atoms with van der Waals surface area (Å²) >= 11 is 0. The molecule has 3 heterocycles. The molecule has 1 aromatic heterocycles. The molecule has 0 aromatic carbocycles. The molecule has 1 aliphatic carbocycles. The highest BCUT2D eigenvalue weighted by Crippen LogP contribution is 2.32. The minimum Gasteiger partial charge on any atom is -0.338 e. The number of rotatable bonds is 3. The van der Waals surface area contributed by atoms with E-state index in [1.807, 2.05) is 9.80 Å². The number of fused-ring (bicyclic) bond motifs is 2. The Balaban J connectivity index is 1.48. The third-order valence-electron chi connectivity index (χ3n) is 5.81. The highest BCUT2D eigenvalue weighted by molar-refractivity contribution is 5.94. The molecule has 2 atom stereocenters. The fraction of sp³-hybridized carbons (Fsp3) is 0.706. The Hall–Kier alpha value is -1.89. The third-order valence-corrected chi connectivity index (χ3v) is 5.81. The van der Waals surface area contributed by atoms with Crippen LogP contribution in [0.25, 0.3) is 0 Å². The highest BCUT2D eigenvalue weighted by Gasteiger charge is 2.40. The maximum absolute atomic E-state index is 12.9. The van der Waals surface area contributed by atoms with Crippen LogP contribution in [0, 0.1) is 5.92 Å². The van der Waals surface area contributed by atoms with Crippen LogP contribution in [0.4, 0.5) is 0 Å². The zero-order valence-corrected chi connectivity index (χ0v) is 14.0. The van der Waals surface area contributed by atoms with Crippen LogP contribution in [0.15, 0.2) is 0 Å². The number of hydrogen-bond donors (Lipinski definition) is 2. The van der Waals surface area contributed by atoms with Gasteiger partial charge in [0.1, 0.15) is 0 Å². The maximum Gasteiger partial charge on any atom is 0.274 e. The molecule has 2 fully saturated rings. The molecule has 2 aliphatic heterocycles. The summed E-state index contributed by atoms with van der Waals surface area (Å²) in [6, 6.07) is 0.240. The third kappa shape index (κ3) is 2.51. The fourth-order valence-corrected chi connectivity index (χ4v) is 4.61. The van der Waals surface area contributed by atoms with E-state index in [0.29, 0.717) is 37.7 Å². The smallest absolute Gasteiger partial charge is 0.274 e. The molecule has 3 aliphatic rings. The molecular weight excluding hydrogens is 306 g/mol. The zero-order chi connectivity index (χ0) is 16.7. The van der Waals surface area contributed by atoms with E-state index in [-0.39, 0.29) is 17.9 Å². The first-order valence-corrected chi connectivity index (χ1v) is 9.04. The first-order valence-electron chi connectivity index (χ1n) is 9.04. The van der Waals surface area contributed by atoms with Gasteiger partial charge in [0.15, 0.2) is 5.69 Å². The largest absolute Gasteiger partial charge is 0.338 e. The predicted octanol–water partition coefficient (Wildman–Crippen LogP) is 0.310. The number of piperidine rings is 2. The maximum atomic E-state index is 12.9. The van der Waals surface area contributed by atoms with Crippen molar-refractivity contribution in [2.45, 2.75) is 44.6 Å². The van der Waals surface area contributed by atoms with E-state index in [9.17, 15) is 9.59 Å². The van der Waals surface area contributed by atoms with E-state index >= 15 is 0 Å².